The van der Waals surface area contributed by atoms with Gasteiger partial charge in [-0.05, 0) is 12.1 Å². The van der Waals surface area contributed by atoms with E-state index in [0.717, 1.165) is 5.69 Å². The monoisotopic (exact) mass is 264 g/mol. The maximum atomic E-state index is 10.8. The van der Waals surface area contributed by atoms with Gasteiger partial charge in [0.2, 0.25) is 0 Å². The zero-order valence-electron chi connectivity index (χ0n) is 10.6. The highest BCUT2D eigenvalue weighted by atomic mass is 16.5. The van der Waals surface area contributed by atoms with Gasteiger partial charge in [0.25, 0.3) is 0 Å². The SMILES string of the molecule is COc1ccccc1NCC(O)Cc1c[nH]c(=O)o1. The lowest BCUT2D eigenvalue weighted by molar-refractivity contribution is 0.179. The highest BCUT2D eigenvalue weighted by Gasteiger charge is 2.10. The van der Waals surface area contributed by atoms with Gasteiger partial charge in [-0.3, -0.25) is 4.98 Å². The molecule has 2 aromatic rings. The van der Waals surface area contributed by atoms with Crippen molar-refractivity contribution < 1.29 is 14.3 Å². The van der Waals surface area contributed by atoms with Gasteiger partial charge in [0.05, 0.1) is 18.9 Å². The van der Waals surface area contributed by atoms with Gasteiger partial charge in [0, 0.05) is 19.2 Å². The standard InChI is InChI=1S/C13H16N2O4/c1-18-12-5-3-2-4-11(12)14-7-9(16)6-10-8-15-13(17)19-10/h2-5,8-9,14,16H,6-7H2,1H3,(H,15,17). The van der Waals surface area contributed by atoms with Crippen molar-refractivity contribution in [1.82, 2.24) is 4.98 Å². The maximum Gasteiger partial charge on any atom is 0.416 e. The van der Waals surface area contributed by atoms with E-state index in [9.17, 15) is 9.90 Å². The van der Waals surface area contributed by atoms with Crippen LogP contribution in [0.1, 0.15) is 5.76 Å². The second-order valence-corrected chi connectivity index (χ2v) is 4.08. The van der Waals surface area contributed by atoms with Crippen molar-refractivity contribution in [3.05, 3.63) is 46.8 Å². The van der Waals surface area contributed by atoms with Crippen molar-refractivity contribution in [2.75, 3.05) is 19.0 Å². The Morgan fingerprint density at radius 1 is 1.47 bits per heavy atom. The molecule has 0 aliphatic carbocycles. The summed E-state index contributed by atoms with van der Waals surface area (Å²) in [5, 5.41) is 12.9. The predicted octanol–water partition coefficient (Wildman–Crippen LogP) is 0.992. The number of nitrogens with one attached hydrogen (secondary N) is 2. The summed E-state index contributed by atoms with van der Waals surface area (Å²) in [4.78, 5) is 13.2. The summed E-state index contributed by atoms with van der Waals surface area (Å²) in [6.07, 6.45) is 1.05. The number of H-pyrrole nitrogens is 1. The largest absolute Gasteiger partial charge is 0.495 e. The number of para-hydroxylation sites is 2. The average Bonchev–Trinajstić information content (AvgIpc) is 2.82. The first-order chi connectivity index (χ1) is 9.19. The zero-order chi connectivity index (χ0) is 13.7. The predicted molar refractivity (Wildman–Crippen MR) is 70.5 cm³/mol. The zero-order valence-corrected chi connectivity index (χ0v) is 10.6. The molecule has 1 aromatic carbocycles. The Kier molecular flexibility index (Phi) is 4.25. The van der Waals surface area contributed by atoms with Crippen molar-refractivity contribution in [1.29, 1.82) is 0 Å². The summed E-state index contributed by atoms with van der Waals surface area (Å²) >= 11 is 0. The Morgan fingerprint density at radius 3 is 2.95 bits per heavy atom. The first-order valence-electron chi connectivity index (χ1n) is 5.91. The summed E-state index contributed by atoms with van der Waals surface area (Å²) in [7, 11) is 1.59. The molecule has 19 heavy (non-hydrogen) atoms. The van der Waals surface area contributed by atoms with Gasteiger partial charge >= 0.3 is 5.76 Å². The Balaban J connectivity index is 1.89. The summed E-state index contributed by atoms with van der Waals surface area (Å²) < 4.78 is 10.0. The number of aliphatic hydroxyl groups is 1. The quantitative estimate of drug-likeness (QED) is 0.724. The molecule has 102 valence electrons. The van der Waals surface area contributed by atoms with Gasteiger partial charge in [0.1, 0.15) is 11.5 Å². The van der Waals surface area contributed by atoms with Gasteiger partial charge in [-0.15, -0.1) is 0 Å². The van der Waals surface area contributed by atoms with E-state index in [0.29, 0.717) is 18.1 Å². The molecule has 1 atom stereocenters. The third-order valence-corrected chi connectivity index (χ3v) is 2.65. The van der Waals surface area contributed by atoms with Crippen LogP contribution in [0.5, 0.6) is 5.75 Å². The van der Waals surface area contributed by atoms with E-state index in [-0.39, 0.29) is 6.42 Å². The van der Waals surface area contributed by atoms with E-state index in [4.69, 9.17) is 9.15 Å². The lowest BCUT2D eigenvalue weighted by atomic mass is 10.2. The highest BCUT2D eigenvalue weighted by molar-refractivity contribution is 5.56. The molecule has 1 aromatic heterocycles. The molecule has 6 heteroatoms. The first kappa shape index (κ1) is 13.2. The molecular weight excluding hydrogens is 248 g/mol. The number of anilines is 1. The number of aromatic amines is 1. The normalized spacial score (nSPS) is 12.1. The summed E-state index contributed by atoms with van der Waals surface area (Å²) in [5.41, 5.74) is 0.805. The van der Waals surface area contributed by atoms with Gasteiger partial charge in [-0.25, -0.2) is 4.79 Å². The van der Waals surface area contributed by atoms with Crippen LogP contribution in [0.15, 0.2) is 39.7 Å². The number of aliphatic hydroxyl groups excluding tert-OH is 1. The van der Waals surface area contributed by atoms with Crippen LogP contribution >= 0.6 is 0 Å². The molecule has 0 aliphatic heterocycles. The van der Waals surface area contributed by atoms with Gasteiger partial charge in [-0.2, -0.15) is 0 Å². The Morgan fingerprint density at radius 2 is 2.26 bits per heavy atom. The molecule has 6 nitrogen and oxygen atoms in total. The Bertz CT molecular complexity index is 576. The third kappa shape index (κ3) is 3.62. The molecule has 1 heterocycles. The third-order valence-electron chi connectivity index (χ3n) is 2.65. The summed E-state index contributed by atoms with van der Waals surface area (Å²) in [6.45, 7) is 0.329. The minimum Gasteiger partial charge on any atom is -0.495 e. The fourth-order valence-corrected chi connectivity index (χ4v) is 1.74. The van der Waals surface area contributed by atoms with Crippen LogP contribution in [0.3, 0.4) is 0 Å². The molecule has 2 rings (SSSR count). The average molecular weight is 264 g/mol. The number of benzene rings is 1. The molecule has 0 radical (unpaired) electrons. The molecule has 0 spiro atoms. The van der Waals surface area contributed by atoms with Crippen LogP contribution in [0.4, 0.5) is 5.69 Å². The minimum atomic E-state index is -0.663. The first-order valence-corrected chi connectivity index (χ1v) is 5.91. The number of hydrogen-bond acceptors (Lipinski definition) is 5. The second kappa shape index (κ2) is 6.10. The van der Waals surface area contributed by atoms with E-state index in [1.54, 1.807) is 7.11 Å². The van der Waals surface area contributed by atoms with E-state index < -0.39 is 11.9 Å². The molecule has 0 bridgehead atoms. The maximum absolute atomic E-state index is 10.8. The topological polar surface area (TPSA) is 87.5 Å². The van der Waals surface area contributed by atoms with Crippen LogP contribution in [-0.4, -0.2) is 29.8 Å². The van der Waals surface area contributed by atoms with Crippen LogP contribution in [-0.2, 0) is 6.42 Å². The second-order valence-electron chi connectivity index (χ2n) is 4.08. The fourth-order valence-electron chi connectivity index (χ4n) is 1.74. The molecule has 0 fully saturated rings. The van der Waals surface area contributed by atoms with Gasteiger partial charge in [-0.1, -0.05) is 12.1 Å². The number of methoxy groups -OCH3 is 1. The number of hydrogen-bond donors (Lipinski definition) is 3. The number of ether oxygens (including phenoxy) is 1. The van der Waals surface area contributed by atoms with E-state index in [1.165, 1.54) is 6.20 Å². The van der Waals surface area contributed by atoms with Crippen LogP contribution < -0.4 is 15.8 Å². The summed E-state index contributed by atoms with van der Waals surface area (Å²) in [5.74, 6) is 0.627. The number of aromatic nitrogens is 1. The molecule has 3 N–H and O–H groups in total. The number of rotatable bonds is 6. The molecular formula is C13H16N2O4. The van der Waals surface area contributed by atoms with Crippen molar-refractivity contribution in [3.63, 3.8) is 0 Å². The smallest absolute Gasteiger partial charge is 0.416 e. The lowest BCUT2D eigenvalue weighted by Crippen LogP contribution is -2.22. The Labute approximate surface area is 110 Å². The number of oxazole rings is 1. The van der Waals surface area contributed by atoms with Gasteiger partial charge in [0.15, 0.2) is 0 Å². The minimum absolute atomic E-state index is 0.265. The van der Waals surface area contributed by atoms with Crippen LogP contribution in [0.25, 0.3) is 0 Å². The molecule has 1 unspecified atom stereocenters. The fraction of sp³-hybridized carbons (Fsp3) is 0.308. The Hall–Kier alpha value is -2.21. The van der Waals surface area contributed by atoms with Crippen LogP contribution in [0, 0.1) is 0 Å². The van der Waals surface area contributed by atoms with E-state index in [1.807, 2.05) is 24.3 Å². The van der Waals surface area contributed by atoms with Crippen molar-refractivity contribution in [2.24, 2.45) is 0 Å². The van der Waals surface area contributed by atoms with Crippen LogP contribution in [0.2, 0.25) is 0 Å². The lowest BCUT2D eigenvalue weighted by Gasteiger charge is -2.13. The highest BCUT2D eigenvalue weighted by Crippen LogP contribution is 2.22. The molecule has 0 saturated heterocycles. The van der Waals surface area contributed by atoms with E-state index in [2.05, 4.69) is 10.3 Å². The van der Waals surface area contributed by atoms with Crippen molar-refractivity contribution in [3.8, 4) is 5.75 Å². The molecule has 0 saturated carbocycles. The molecule has 0 amide bonds. The van der Waals surface area contributed by atoms with Gasteiger partial charge < -0.3 is 19.6 Å². The van der Waals surface area contributed by atoms with Crippen molar-refractivity contribution in [2.45, 2.75) is 12.5 Å². The van der Waals surface area contributed by atoms with E-state index >= 15 is 0 Å². The molecule has 0 aliphatic rings. The summed E-state index contributed by atoms with van der Waals surface area (Å²) in [6, 6.07) is 7.44. The van der Waals surface area contributed by atoms with Crippen molar-refractivity contribution >= 4 is 5.69 Å².